The summed E-state index contributed by atoms with van der Waals surface area (Å²) in [5, 5.41) is 10.1. The highest BCUT2D eigenvalue weighted by Gasteiger charge is 2.40. The van der Waals surface area contributed by atoms with E-state index < -0.39 is 17.7 Å². The van der Waals surface area contributed by atoms with E-state index in [4.69, 9.17) is 16.3 Å². The number of carboxylic acids is 1. The molecular formula is C19H17ClFNO4. The summed E-state index contributed by atoms with van der Waals surface area (Å²) in [7, 11) is 0. The largest absolute Gasteiger partial charge is 0.481 e. The monoisotopic (exact) mass is 377 g/mol. The molecule has 0 saturated carbocycles. The maximum Gasteiger partial charge on any atom is 0.308 e. The van der Waals surface area contributed by atoms with Crippen LogP contribution in [0, 0.1) is 11.7 Å². The van der Waals surface area contributed by atoms with Crippen LogP contribution in [0.25, 0.3) is 0 Å². The van der Waals surface area contributed by atoms with Crippen LogP contribution in [0.1, 0.15) is 11.5 Å². The first-order valence-corrected chi connectivity index (χ1v) is 8.47. The fourth-order valence-corrected chi connectivity index (χ4v) is 3.22. The molecule has 5 nitrogen and oxygen atoms in total. The summed E-state index contributed by atoms with van der Waals surface area (Å²) in [6.07, 6.45) is 0. The molecule has 0 bridgehead atoms. The number of para-hydroxylation sites is 1. The van der Waals surface area contributed by atoms with Gasteiger partial charge < -0.3 is 14.7 Å². The molecule has 2 aromatic carbocycles. The van der Waals surface area contributed by atoms with Crippen molar-refractivity contribution in [1.29, 1.82) is 0 Å². The van der Waals surface area contributed by atoms with Crippen molar-refractivity contribution in [3.05, 3.63) is 64.9 Å². The Labute approximate surface area is 154 Å². The molecule has 1 aliphatic rings. The lowest BCUT2D eigenvalue weighted by atomic mass is 9.89. The molecule has 1 aliphatic heterocycles. The first-order chi connectivity index (χ1) is 12.5. The second kappa shape index (κ2) is 7.74. The van der Waals surface area contributed by atoms with Gasteiger partial charge in [-0.15, -0.1) is 0 Å². The molecule has 2 aromatic rings. The highest BCUT2D eigenvalue weighted by molar-refractivity contribution is 6.30. The van der Waals surface area contributed by atoms with Crippen molar-refractivity contribution in [2.75, 3.05) is 19.7 Å². The van der Waals surface area contributed by atoms with Crippen molar-refractivity contribution in [2.45, 2.75) is 5.92 Å². The number of amides is 1. The Morgan fingerprint density at radius 2 is 1.85 bits per heavy atom. The van der Waals surface area contributed by atoms with Gasteiger partial charge >= 0.3 is 5.97 Å². The number of carbonyl (C=O) groups is 2. The maximum atomic E-state index is 13.6. The summed E-state index contributed by atoms with van der Waals surface area (Å²) in [6, 6.07) is 12.7. The number of carboxylic acid groups (broad SMARTS) is 1. The Kier molecular flexibility index (Phi) is 5.42. The van der Waals surface area contributed by atoms with Crippen LogP contribution in [-0.2, 0) is 9.59 Å². The Balaban J connectivity index is 1.69. The van der Waals surface area contributed by atoms with E-state index in [1.807, 2.05) is 0 Å². The van der Waals surface area contributed by atoms with Gasteiger partial charge in [0.15, 0.2) is 18.2 Å². The van der Waals surface area contributed by atoms with Crippen LogP contribution in [0.5, 0.6) is 5.75 Å². The zero-order valence-corrected chi connectivity index (χ0v) is 14.5. The molecular weight excluding hydrogens is 361 g/mol. The molecule has 136 valence electrons. The number of nitrogens with zero attached hydrogens (tertiary/aromatic N) is 1. The SMILES string of the molecule is O=C(O)[C@@H]1CN(C(=O)COc2ccccc2F)C[C@H]1c1ccc(Cl)cc1. The standard InChI is InChI=1S/C19H17ClFNO4/c20-13-7-5-12(6-8-13)14-9-22(10-15(14)19(24)25)18(23)11-26-17-4-2-1-3-16(17)21/h1-8,14-15H,9-11H2,(H,24,25)/t14-,15+/m0/s1. The van der Waals surface area contributed by atoms with Crippen molar-refractivity contribution in [1.82, 2.24) is 4.90 Å². The third kappa shape index (κ3) is 3.96. The maximum absolute atomic E-state index is 13.6. The number of hydrogen-bond acceptors (Lipinski definition) is 3. The van der Waals surface area contributed by atoms with Crippen LogP contribution in [-0.4, -0.2) is 41.6 Å². The van der Waals surface area contributed by atoms with Gasteiger partial charge in [0.25, 0.3) is 5.91 Å². The molecule has 1 heterocycles. The quantitative estimate of drug-likeness (QED) is 0.869. The van der Waals surface area contributed by atoms with Crippen molar-refractivity contribution < 1.29 is 23.8 Å². The highest BCUT2D eigenvalue weighted by atomic mass is 35.5. The zero-order chi connectivity index (χ0) is 18.7. The zero-order valence-electron chi connectivity index (χ0n) is 13.8. The molecule has 1 saturated heterocycles. The van der Waals surface area contributed by atoms with Crippen LogP contribution >= 0.6 is 11.6 Å². The number of likely N-dealkylation sites (tertiary alicyclic amines) is 1. The van der Waals surface area contributed by atoms with Gasteiger partial charge in [-0.25, -0.2) is 4.39 Å². The van der Waals surface area contributed by atoms with Gasteiger partial charge in [0.1, 0.15) is 0 Å². The molecule has 7 heteroatoms. The molecule has 0 aromatic heterocycles. The predicted molar refractivity (Wildman–Crippen MR) is 93.8 cm³/mol. The summed E-state index contributed by atoms with van der Waals surface area (Å²) >= 11 is 5.88. The minimum Gasteiger partial charge on any atom is -0.481 e. The van der Waals surface area contributed by atoms with E-state index in [0.29, 0.717) is 5.02 Å². The van der Waals surface area contributed by atoms with Crippen molar-refractivity contribution >= 4 is 23.5 Å². The molecule has 26 heavy (non-hydrogen) atoms. The second-order valence-electron chi connectivity index (χ2n) is 6.12. The first kappa shape index (κ1) is 18.2. The van der Waals surface area contributed by atoms with E-state index >= 15 is 0 Å². The van der Waals surface area contributed by atoms with Gasteiger partial charge in [-0.3, -0.25) is 9.59 Å². The van der Waals surface area contributed by atoms with E-state index in [2.05, 4.69) is 0 Å². The van der Waals surface area contributed by atoms with Gasteiger partial charge in [0, 0.05) is 24.0 Å². The van der Waals surface area contributed by atoms with E-state index in [-0.39, 0.29) is 37.3 Å². The number of hydrogen-bond donors (Lipinski definition) is 1. The average molecular weight is 378 g/mol. The molecule has 1 fully saturated rings. The molecule has 3 rings (SSSR count). The van der Waals surface area contributed by atoms with Gasteiger partial charge in [-0.1, -0.05) is 35.9 Å². The molecule has 0 unspecified atom stereocenters. The third-order valence-corrected chi connectivity index (χ3v) is 4.73. The van der Waals surface area contributed by atoms with E-state index in [9.17, 15) is 19.1 Å². The highest BCUT2D eigenvalue weighted by Crippen LogP contribution is 2.33. The van der Waals surface area contributed by atoms with Crippen molar-refractivity contribution in [2.24, 2.45) is 5.92 Å². The van der Waals surface area contributed by atoms with Crippen LogP contribution < -0.4 is 4.74 Å². The number of benzene rings is 2. The van der Waals surface area contributed by atoms with E-state index in [0.717, 1.165) is 5.56 Å². The van der Waals surface area contributed by atoms with Crippen LogP contribution in [0.15, 0.2) is 48.5 Å². The fraction of sp³-hybridized carbons (Fsp3) is 0.263. The Morgan fingerprint density at radius 1 is 1.15 bits per heavy atom. The molecule has 0 aliphatic carbocycles. The molecule has 2 atom stereocenters. The van der Waals surface area contributed by atoms with Crippen LogP contribution in [0.2, 0.25) is 5.02 Å². The number of halogens is 2. The lowest BCUT2D eigenvalue weighted by molar-refractivity contribution is -0.142. The second-order valence-corrected chi connectivity index (χ2v) is 6.56. The van der Waals surface area contributed by atoms with E-state index in [1.54, 1.807) is 30.3 Å². The predicted octanol–water partition coefficient (Wildman–Crippen LogP) is 3.18. The minimum atomic E-state index is -0.963. The summed E-state index contributed by atoms with van der Waals surface area (Å²) in [4.78, 5) is 25.4. The summed E-state index contributed by atoms with van der Waals surface area (Å²) in [6.45, 7) is 0.000760. The Morgan fingerprint density at radius 3 is 2.50 bits per heavy atom. The molecule has 0 spiro atoms. The minimum absolute atomic E-state index is 0.0101. The van der Waals surface area contributed by atoms with Crippen LogP contribution in [0.3, 0.4) is 0 Å². The topological polar surface area (TPSA) is 66.8 Å². The summed E-state index contributed by atoms with van der Waals surface area (Å²) < 4.78 is 18.8. The molecule has 0 radical (unpaired) electrons. The lowest BCUT2D eigenvalue weighted by Gasteiger charge is -2.17. The van der Waals surface area contributed by atoms with Crippen LogP contribution in [0.4, 0.5) is 4.39 Å². The van der Waals surface area contributed by atoms with Gasteiger partial charge in [0.2, 0.25) is 0 Å². The van der Waals surface area contributed by atoms with Gasteiger partial charge in [0.05, 0.1) is 5.92 Å². The van der Waals surface area contributed by atoms with Gasteiger partial charge in [-0.05, 0) is 29.8 Å². The Hall–Kier alpha value is -2.60. The van der Waals surface area contributed by atoms with Crippen molar-refractivity contribution in [3.63, 3.8) is 0 Å². The van der Waals surface area contributed by atoms with Gasteiger partial charge in [-0.2, -0.15) is 0 Å². The average Bonchev–Trinajstić information content (AvgIpc) is 3.07. The van der Waals surface area contributed by atoms with E-state index in [1.165, 1.54) is 23.1 Å². The fourth-order valence-electron chi connectivity index (χ4n) is 3.10. The smallest absolute Gasteiger partial charge is 0.308 e. The Bertz CT molecular complexity index is 811. The number of aliphatic carboxylic acids is 1. The normalized spacial score (nSPS) is 19.4. The molecule has 1 N–H and O–H groups in total. The third-order valence-electron chi connectivity index (χ3n) is 4.48. The first-order valence-electron chi connectivity index (χ1n) is 8.09. The summed E-state index contributed by atoms with van der Waals surface area (Å²) in [5.74, 6) is -2.95. The number of carbonyl (C=O) groups excluding carboxylic acids is 1. The number of rotatable bonds is 5. The number of ether oxygens (including phenoxy) is 1. The van der Waals surface area contributed by atoms with Crippen molar-refractivity contribution in [3.8, 4) is 5.75 Å². The lowest BCUT2D eigenvalue weighted by Crippen LogP contribution is -2.34. The molecule has 1 amide bonds. The summed E-state index contributed by atoms with van der Waals surface area (Å²) in [5.41, 5.74) is 0.812.